The van der Waals surface area contributed by atoms with Crippen LogP contribution in [0.15, 0.2) is 40.2 Å². The molecule has 1 aromatic carbocycles. The van der Waals surface area contributed by atoms with Crippen molar-refractivity contribution in [2.24, 2.45) is 10.9 Å². The molecule has 1 aliphatic heterocycles. The predicted molar refractivity (Wildman–Crippen MR) is 124 cm³/mol. The number of guanidine groups is 1. The van der Waals surface area contributed by atoms with Crippen molar-refractivity contribution < 1.29 is 0 Å². The maximum atomic E-state index is 4.90. The average molecular weight is 488 g/mol. The number of nitrogens with zero attached hydrogens (tertiary/aromatic N) is 2. The van der Waals surface area contributed by atoms with Gasteiger partial charge in [0.1, 0.15) is 0 Å². The fourth-order valence-electron chi connectivity index (χ4n) is 3.34. The smallest absolute Gasteiger partial charge is 0.191 e. The number of nitrogens with one attached hydrogen (secondary N) is 2. The van der Waals surface area contributed by atoms with E-state index in [4.69, 9.17) is 4.99 Å². The standard InChI is InChI=1S/C20H32N4S.HI/c1-3-21-19(22-14-17-10-13-24(4-2)15-17)23-16-20(11-12-20)25-18-8-6-5-7-9-18;/h5-9,17H,3-4,10-16H2,1-2H3,(H2,21,22,23);1H. The van der Waals surface area contributed by atoms with E-state index in [0.29, 0.717) is 4.75 Å². The number of rotatable bonds is 8. The normalized spacial score (nSPS) is 21.9. The summed E-state index contributed by atoms with van der Waals surface area (Å²) in [6.07, 6.45) is 3.83. The van der Waals surface area contributed by atoms with Crippen LogP contribution in [0.5, 0.6) is 0 Å². The molecule has 1 aromatic rings. The molecule has 26 heavy (non-hydrogen) atoms. The fraction of sp³-hybridized carbons (Fsp3) is 0.650. The second-order valence-electron chi connectivity index (χ2n) is 7.22. The predicted octanol–water partition coefficient (Wildman–Crippen LogP) is 3.83. The lowest BCUT2D eigenvalue weighted by Gasteiger charge is -2.18. The highest BCUT2D eigenvalue weighted by molar-refractivity contribution is 14.0. The number of likely N-dealkylation sites (tertiary alicyclic amines) is 1. The molecule has 0 spiro atoms. The van der Waals surface area contributed by atoms with Crippen molar-refractivity contribution in [2.45, 2.75) is 42.8 Å². The van der Waals surface area contributed by atoms with Crippen LogP contribution in [0.2, 0.25) is 0 Å². The van der Waals surface area contributed by atoms with Crippen LogP contribution in [0.4, 0.5) is 0 Å². The Hall–Kier alpha value is -0.470. The summed E-state index contributed by atoms with van der Waals surface area (Å²) in [5.41, 5.74) is 0. The third kappa shape index (κ3) is 6.60. The van der Waals surface area contributed by atoms with E-state index in [1.165, 1.54) is 43.8 Å². The molecule has 0 radical (unpaired) electrons. The third-order valence-corrected chi connectivity index (χ3v) is 6.61. The molecule has 1 saturated heterocycles. The maximum absolute atomic E-state index is 4.90. The summed E-state index contributed by atoms with van der Waals surface area (Å²) in [5, 5.41) is 6.99. The van der Waals surface area contributed by atoms with E-state index in [0.717, 1.165) is 31.5 Å². The van der Waals surface area contributed by atoms with Crippen molar-refractivity contribution in [1.82, 2.24) is 15.5 Å². The number of hydrogen-bond acceptors (Lipinski definition) is 3. The molecule has 0 bridgehead atoms. The average Bonchev–Trinajstić information content (AvgIpc) is 3.24. The van der Waals surface area contributed by atoms with Crippen LogP contribution < -0.4 is 10.6 Å². The summed E-state index contributed by atoms with van der Waals surface area (Å²) < 4.78 is 0.316. The molecule has 146 valence electrons. The van der Waals surface area contributed by atoms with Gasteiger partial charge in [0.25, 0.3) is 0 Å². The van der Waals surface area contributed by atoms with Gasteiger partial charge in [0.2, 0.25) is 0 Å². The first-order valence-corrected chi connectivity index (χ1v) is 10.5. The molecule has 1 heterocycles. The molecule has 1 saturated carbocycles. The summed E-state index contributed by atoms with van der Waals surface area (Å²) in [4.78, 5) is 8.80. The number of hydrogen-bond donors (Lipinski definition) is 2. The molecular formula is C20H33IN4S. The number of halogens is 1. The lowest BCUT2D eigenvalue weighted by atomic mass is 10.1. The van der Waals surface area contributed by atoms with Gasteiger partial charge in [0.05, 0.1) is 6.54 Å². The Balaban J connectivity index is 0.00000243. The zero-order valence-corrected chi connectivity index (χ0v) is 19.2. The van der Waals surface area contributed by atoms with Crippen molar-refractivity contribution in [2.75, 3.05) is 39.3 Å². The Morgan fingerprint density at radius 3 is 2.62 bits per heavy atom. The summed E-state index contributed by atoms with van der Waals surface area (Å²) in [7, 11) is 0. The monoisotopic (exact) mass is 488 g/mol. The third-order valence-electron chi connectivity index (χ3n) is 5.13. The number of benzene rings is 1. The van der Waals surface area contributed by atoms with Crippen LogP contribution in [0.25, 0.3) is 0 Å². The Morgan fingerprint density at radius 1 is 1.23 bits per heavy atom. The molecule has 1 atom stereocenters. The highest BCUT2D eigenvalue weighted by Crippen LogP contribution is 2.51. The summed E-state index contributed by atoms with van der Waals surface area (Å²) >= 11 is 1.99. The molecule has 1 unspecified atom stereocenters. The molecule has 1 aliphatic carbocycles. The van der Waals surface area contributed by atoms with Gasteiger partial charge in [-0.15, -0.1) is 35.7 Å². The Morgan fingerprint density at radius 2 is 2.00 bits per heavy atom. The van der Waals surface area contributed by atoms with E-state index in [9.17, 15) is 0 Å². The first kappa shape index (κ1) is 21.8. The van der Waals surface area contributed by atoms with Crippen LogP contribution in [0.3, 0.4) is 0 Å². The SMILES string of the molecule is CCNC(=NCC1(Sc2ccccc2)CC1)NCC1CCN(CC)C1.I. The molecule has 2 fully saturated rings. The molecule has 6 heteroatoms. The van der Waals surface area contributed by atoms with E-state index in [1.54, 1.807) is 0 Å². The van der Waals surface area contributed by atoms with Crippen LogP contribution in [0, 0.1) is 5.92 Å². The van der Waals surface area contributed by atoms with Gasteiger partial charge in [-0.3, -0.25) is 4.99 Å². The maximum Gasteiger partial charge on any atom is 0.191 e. The Kier molecular flexibility index (Phi) is 9.03. The Bertz CT molecular complexity index is 562. The van der Waals surface area contributed by atoms with Gasteiger partial charge in [0.15, 0.2) is 5.96 Å². The van der Waals surface area contributed by atoms with Crippen LogP contribution in [-0.2, 0) is 0 Å². The van der Waals surface area contributed by atoms with Gasteiger partial charge in [-0.25, -0.2) is 0 Å². The van der Waals surface area contributed by atoms with Crippen molar-refractivity contribution >= 4 is 41.7 Å². The van der Waals surface area contributed by atoms with Crippen molar-refractivity contribution in [3.05, 3.63) is 30.3 Å². The van der Waals surface area contributed by atoms with Gasteiger partial charge >= 0.3 is 0 Å². The van der Waals surface area contributed by atoms with Gasteiger partial charge in [-0.2, -0.15) is 0 Å². The molecule has 4 nitrogen and oxygen atoms in total. The Labute approximate surface area is 180 Å². The molecule has 3 rings (SSSR count). The summed E-state index contributed by atoms with van der Waals surface area (Å²) in [6.45, 7) is 10.9. The van der Waals surface area contributed by atoms with E-state index in [2.05, 4.69) is 59.7 Å². The lowest BCUT2D eigenvalue weighted by Crippen LogP contribution is -2.40. The minimum absolute atomic E-state index is 0. The number of aliphatic imine (C=N–C) groups is 1. The molecule has 0 amide bonds. The highest BCUT2D eigenvalue weighted by Gasteiger charge is 2.43. The second-order valence-corrected chi connectivity index (χ2v) is 8.76. The van der Waals surface area contributed by atoms with Gasteiger partial charge < -0.3 is 15.5 Å². The summed E-state index contributed by atoms with van der Waals surface area (Å²) in [6, 6.07) is 10.7. The fourth-order valence-corrected chi connectivity index (χ4v) is 4.57. The quantitative estimate of drug-likeness (QED) is 0.332. The molecule has 2 N–H and O–H groups in total. The van der Waals surface area contributed by atoms with Gasteiger partial charge in [0, 0.05) is 29.3 Å². The van der Waals surface area contributed by atoms with Gasteiger partial charge in [-0.05, 0) is 57.3 Å². The zero-order chi connectivity index (χ0) is 17.5. The largest absolute Gasteiger partial charge is 0.357 e. The lowest BCUT2D eigenvalue weighted by molar-refractivity contribution is 0.342. The molecule has 0 aromatic heterocycles. The van der Waals surface area contributed by atoms with Crippen molar-refractivity contribution in [3.63, 3.8) is 0 Å². The van der Waals surface area contributed by atoms with E-state index in [-0.39, 0.29) is 24.0 Å². The minimum atomic E-state index is 0. The van der Waals surface area contributed by atoms with Crippen molar-refractivity contribution in [1.29, 1.82) is 0 Å². The first-order valence-electron chi connectivity index (χ1n) is 9.71. The minimum Gasteiger partial charge on any atom is -0.357 e. The first-order chi connectivity index (χ1) is 12.2. The number of thioether (sulfide) groups is 1. The van der Waals surface area contributed by atoms with E-state index in [1.807, 2.05) is 11.8 Å². The van der Waals surface area contributed by atoms with E-state index < -0.39 is 0 Å². The van der Waals surface area contributed by atoms with E-state index >= 15 is 0 Å². The highest BCUT2D eigenvalue weighted by atomic mass is 127. The zero-order valence-electron chi connectivity index (χ0n) is 16.0. The van der Waals surface area contributed by atoms with Crippen LogP contribution in [-0.4, -0.2) is 54.9 Å². The molecular weight excluding hydrogens is 455 g/mol. The van der Waals surface area contributed by atoms with Crippen LogP contribution in [0.1, 0.15) is 33.1 Å². The second kappa shape index (κ2) is 10.8. The molecule has 2 aliphatic rings. The van der Waals surface area contributed by atoms with Crippen molar-refractivity contribution in [3.8, 4) is 0 Å². The van der Waals surface area contributed by atoms with Crippen LogP contribution >= 0.6 is 35.7 Å². The topological polar surface area (TPSA) is 39.7 Å². The van der Waals surface area contributed by atoms with Gasteiger partial charge in [-0.1, -0.05) is 25.1 Å². The summed E-state index contributed by atoms with van der Waals surface area (Å²) in [5.74, 6) is 1.73.